The van der Waals surface area contributed by atoms with Crippen molar-refractivity contribution in [1.82, 2.24) is 5.32 Å². The molecule has 1 aliphatic heterocycles. The molecule has 1 N–H and O–H groups in total. The maximum Gasteiger partial charge on any atom is 0.0409 e. The molecule has 1 nitrogen and oxygen atoms in total. The molecule has 1 aromatic rings. The summed E-state index contributed by atoms with van der Waals surface area (Å²) >= 11 is 8.05. The van der Waals surface area contributed by atoms with E-state index >= 15 is 0 Å². The van der Waals surface area contributed by atoms with Crippen LogP contribution in [0.4, 0.5) is 0 Å². The van der Waals surface area contributed by atoms with E-state index in [9.17, 15) is 0 Å². The zero-order valence-electron chi connectivity index (χ0n) is 9.42. The minimum Gasteiger partial charge on any atom is -0.312 e. The minimum absolute atomic E-state index is 0.813. The van der Waals surface area contributed by atoms with Gasteiger partial charge in [-0.3, -0.25) is 0 Å². The maximum absolute atomic E-state index is 5.94. The molecule has 2 rings (SSSR count). The Morgan fingerprint density at radius 1 is 1.38 bits per heavy atom. The van der Waals surface area contributed by atoms with Gasteiger partial charge in [0.2, 0.25) is 0 Å². The Kier molecular flexibility index (Phi) is 5.01. The second kappa shape index (κ2) is 6.53. The topological polar surface area (TPSA) is 12.0 Å². The molecule has 0 aliphatic carbocycles. The van der Waals surface area contributed by atoms with Gasteiger partial charge in [0.25, 0.3) is 0 Å². The Labute approximate surface area is 107 Å². The molecule has 0 amide bonds. The zero-order chi connectivity index (χ0) is 11.2. The molecule has 3 heteroatoms. The van der Waals surface area contributed by atoms with E-state index in [4.69, 9.17) is 11.6 Å². The van der Waals surface area contributed by atoms with Gasteiger partial charge in [0.1, 0.15) is 0 Å². The normalized spacial score (nSPS) is 20.9. The molecule has 0 saturated carbocycles. The number of hydrogen-bond donors (Lipinski definition) is 1. The highest BCUT2D eigenvalue weighted by molar-refractivity contribution is 7.99. The molecule has 1 aliphatic rings. The summed E-state index contributed by atoms with van der Waals surface area (Å²) in [6.45, 7) is 2.05. The van der Waals surface area contributed by atoms with Gasteiger partial charge in [-0.25, -0.2) is 0 Å². The highest BCUT2D eigenvalue weighted by atomic mass is 35.5. The lowest BCUT2D eigenvalue weighted by Crippen LogP contribution is -2.26. The predicted molar refractivity (Wildman–Crippen MR) is 73.3 cm³/mol. The fourth-order valence-electron chi connectivity index (χ4n) is 1.99. The molecular formula is C13H18ClNS. The van der Waals surface area contributed by atoms with Gasteiger partial charge in [0, 0.05) is 23.4 Å². The van der Waals surface area contributed by atoms with Crippen LogP contribution in [-0.2, 0) is 6.54 Å². The summed E-state index contributed by atoms with van der Waals surface area (Å²) in [6.07, 6.45) is 4.17. The van der Waals surface area contributed by atoms with Crippen molar-refractivity contribution in [1.29, 1.82) is 0 Å². The summed E-state index contributed by atoms with van der Waals surface area (Å²) < 4.78 is 0. The van der Waals surface area contributed by atoms with Crippen molar-refractivity contribution >= 4 is 23.4 Å². The first kappa shape index (κ1) is 12.3. The zero-order valence-corrected chi connectivity index (χ0v) is 11.0. The van der Waals surface area contributed by atoms with Crippen molar-refractivity contribution < 1.29 is 0 Å². The second-order valence-corrected chi connectivity index (χ2v) is 6.09. The van der Waals surface area contributed by atoms with Crippen molar-refractivity contribution in [2.75, 3.05) is 12.3 Å². The number of thioether (sulfide) groups is 1. The van der Waals surface area contributed by atoms with Crippen LogP contribution in [0.3, 0.4) is 0 Å². The Morgan fingerprint density at radius 3 is 3.06 bits per heavy atom. The Bertz CT molecular complexity index is 323. The summed E-state index contributed by atoms with van der Waals surface area (Å²) in [6, 6.07) is 8.08. The molecule has 1 aromatic carbocycles. The van der Waals surface area contributed by atoms with Crippen molar-refractivity contribution in [2.45, 2.75) is 31.1 Å². The van der Waals surface area contributed by atoms with Crippen LogP contribution in [0.1, 0.15) is 24.8 Å². The first-order valence-electron chi connectivity index (χ1n) is 5.91. The SMILES string of the molecule is Clc1cccc(CNCC2CCCCS2)c1. The molecule has 0 radical (unpaired) electrons. The van der Waals surface area contributed by atoms with Gasteiger partial charge in [-0.2, -0.15) is 11.8 Å². The van der Waals surface area contributed by atoms with E-state index in [-0.39, 0.29) is 0 Å². The average molecular weight is 256 g/mol. The number of benzene rings is 1. The monoisotopic (exact) mass is 255 g/mol. The van der Waals surface area contributed by atoms with Crippen LogP contribution < -0.4 is 5.32 Å². The predicted octanol–water partition coefficient (Wildman–Crippen LogP) is 3.72. The lowest BCUT2D eigenvalue weighted by atomic mass is 10.2. The third-order valence-electron chi connectivity index (χ3n) is 2.86. The fourth-order valence-corrected chi connectivity index (χ4v) is 3.48. The van der Waals surface area contributed by atoms with Crippen molar-refractivity contribution in [3.05, 3.63) is 34.9 Å². The summed E-state index contributed by atoms with van der Waals surface area (Å²) in [7, 11) is 0. The van der Waals surface area contributed by atoms with Crippen LogP contribution in [-0.4, -0.2) is 17.5 Å². The van der Waals surface area contributed by atoms with E-state index in [0.29, 0.717) is 0 Å². The lowest BCUT2D eigenvalue weighted by Gasteiger charge is -2.21. The number of halogens is 1. The van der Waals surface area contributed by atoms with E-state index in [1.54, 1.807) is 0 Å². The summed E-state index contributed by atoms with van der Waals surface area (Å²) in [5.41, 5.74) is 1.27. The highest BCUT2D eigenvalue weighted by Gasteiger charge is 2.12. The second-order valence-electron chi connectivity index (χ2n) is 4.25. The number of hydrogen-bond acceptors (Lipinski definition) is 2. The molecular weight excluding hydrogens is 238 g/mol. The maximum atomic E-state index is 5.94. The summed E-state index contributed by atoms with van der Waals surface area (Å²) in [5, 5.41) is 5.16. The molecule has 1 heterocycles. The molecule has 0 aromatic heterocycles. The molecule has 1 saturated heterocycles. The van der Waals surface area contributed by atoms with Gasteiger partial charge in [0.05, 0.1) is 0 Å². The Balaban J connectivity index is 1.71. The molecule has 0 spiro atoms. The molecule has 88 valence electrons. The molecule has 1 unspecified atom stereocenters. The van der Waals surface area contributed by atoms with E-state index in [2.05, 4.69) is 23.1 Å². The van der Waals surface area contributed by atoms with Gasteiger partial charge in [-0.15, -0.1) is 0 Å². The molecule has 1 fully saturated rings. The van der Waals surface area contributed by atoms with Crippen LogP contribution in [0.5, 0.6) is 0 Å². The van der Waals surface area contributed by atoms with Gasteiger partial charge in [0.15, 0.2) is 0 Å². The van der Waals surface area contributed by atoms with E-state index in [1.807, 2.05) is 18.2 Å². The van der Waals surface area contributed by atoms with E-state index in [1.165, 1.54) is 30.6 Å². The third kappa shape index (κ3) is 4.00. The van der Waals surface area contributed by atoms with E-state index in [0.717, 1.165) is 23.4 Å². The van der Waals surface area contributed by atoms with Crippen LogP contribution >= 0.6 is 23.4 Å². The van der Waals surface area contributed by atoms with Crippen LogP contribution in [0.15, 0.2) is 24.3 Å². The van der Waals surface area contributed by atoms with Crippen molar-refractivity contribution in [2.24, 2.45) is 0 Å². The summed E-state index contributed by atoms with van der Waals surface area (Å²) in [4.78, 5) is 0. The molecule has 0 bridgehead atoms. The van der Waals surface area contributed by atoms with Gasteiger partial charge in [-0.1, -0.05) is 30.2 Å². The quantitative estimate of drug-likeness (QED) is 0.880. The fraction of sp³-hybridized carbons (Fsp3) is 0.538. The molecule has 1 atom stereocenters. The summed E-state index contributed by atoms with van der Waals surface area (Å²) in [5.74, 6) is 1.34. The highest BCUT2D eigenvalue weighted by Crippen LogP contribution is 2.24. The largest absolute Gasteiger partial charge is 0.312 e. The number of nitrogens with one attached hydrogen (secondary N) is 1. The first-order valence-corrected chi connectivity index (χ1v) is 7.34. The minimum atomic E-state index is 0.813. The van der Waals surface area contributed by atoms with Crippen LogP contribution in [0.25, 0.3) is 0 Å². The van der Waals surface area contributed by atoms with Gasteiger partial charge < -0.3 is 5.32 Å². The van der Waals surface area contributed by atoms with Crippen molar-refractivity contribution in [3.8, 4) is 0 Å². The molecule has 16 heavy (non-hydrogen) atoms. The smallest absolute Gasteiger partial charge is 0.0409 e. The van der Waals surface area contributed by atoms with Crippen LogP contribution in [0.2, 0.25) is 5.02 Å². The third-order valence-corrected chi connectivity index (χ3v) is 4.50. The van der Waals surface area contributed by atoms with Crippen LogP contribution in [0, 0.1) is 0 Å². The Morgan fingerprint density at radius 2 is 2.31 bits per heavy atom. The average Bonchev–Trinajstić information content (AvgIpc) is 2.30. The standard InChI is InChI=1S/C13H18ClNS/c14-12-5-3-4-11(8-12)9-15-10-13-6-1-2-7-16-13/h3-5,8,13,15H,1-2,6-7,9-10H2. The number of rotatable bonds is 4. The van der Waals surface area contributed by atoms with E-state index < -0.39 is 0 Å². The van der Waals surface area contributed by atoms with Gasteiger partial charge in [-0.05, 0) is 36.3 Å². The Hall–Kier alpha value is -0.180. The van der Waals surface area contributed by atoms with Gasteiger partial charge >= 0.3 is 0 Å². The lowest BCUT2D eigenvalue weighted by molar-refractivity contribution is 0.598. The van der Waals surface area contributed by atoms with Crippen molar-refractivity contribution in [3.63, 3.8) is 0 Å². The first-order chi connectivity index (χ1) is 7.84.